The number of nitrogens with one attached hydrogen (secondary N) is 2. The maximum absolute atomic E-state index is 13.5. The van der Waals surface area contributed by atoms with Gasteiger partial charge in [-0.05, 0) is 19.0 Å². The van der Waals surface area contributed by atoms with E-state index >= 15 is 0 Å². The third-order valence-corrected chi connectivity index (χ3v) is 2.45. The maximum atomic E-state index is 13.5. The first kappa shape index (κ1) is 16.0. The summed E-state index contributed by atoms with van der Waals surface area (Å²) in [4.78, 5) is 22.8. The predicted octanol–water partition coefficient (Wildman–Crippen LogP) is 1.69. The number of hydrogen-bond acceptors (Lipinski definition) is 4. The Hall–Kier alpha value is -2.02. The molecule has 0 bridgehead atoms. The molecule has 0 saturated heterocycles. The van der Waals surface area contributed by atoms with E-state index in [4.69, 9.17) is 0 Å². The Bertz CT molecular complexity index is 507. The van der Waals surface area contributed by atoms with E-state index in [1.165, 1.54) is 0 Å². The van der Waals surface area contributed by atoms with Crippen LogP contribution in [0.2, 0.25) is 0 Å². The summed E-state index contributed by atoms with van der Waals surface area (Å²) in [7, 11) is 1.08. The van der Waals surface area contributed by atoms with E-state index in [0.29, 0.717) is 12.6 Å². The van der Waals surface area contributed by atoms with E-state index in [9.17, 15) is 18.4 Å². The Morgan fingerprint density at radius 2 is 1.95 bits per heavy atom. The second-order valence-corrected chi connectivity index (χ2v) is 4.03. The Morgan fingerprint density at radius 3 is 2.55 bits per heavy atom. The quantitative estimate of drug-likeness (QED) is 0.617. The van der Waals surface area contributed by atoms with Gasteiger partial charge in [-0.2, -0.15) is 0 Å². The fraction of sp³-hybridized carbons (Fsp3) is 0.385. The molecule has 0 atom stereocenters. The first-order valence-corrected chi connectivity index (χ1v) is 6.07. The first-order chi connectivity index (χ1) is 9.49. The molecule has 5 nitrogen and oxygen atoms in total. The van der Waals surface area contributed by atoms with Crippen LogP contribution >= 0.6 is 0 Å². The van der Waals surface area contributed by atoms with Gasteiger partial charge in [-0.15, -0.1) is 0 Å². The van der Waals surface area contributed by atoms with Gasteiger partial charge in [0.05, 0.1) is 24.9 Å². The zero-order chi connectivity index (χ0) is 15.1. The second kappa shape index (κ2) is 7.54. The van der Waals surface area contributed by atoms with Gasteiger partial charge in [0.15, 0.2) is 0 Å². The number of methoxy groups -OCH3 is 1. The van der Waals surface area contributed by atoms with Crippen LogP contribution in [-0.2, 0) is 9.53 Å². The topological polar surface area (TPSA) is 67.4 Å². The first-order valence-electron chi connectivity index (χ1n) is 6.07. The van der Waals surface area contributed by atoms with Gasteiger partial charge in [-0.25, -0.2) is 13.6 Å². The van der Waals surface area contributed by atoms with Crippen LogP contribution in [0.5, 0.6) is 0 Å². The van der Waals surface area contributed by atoms with Crippen molar-refractivity contribution in [2.24, 2.45) is 0 Å². The van der Waals surface area contributed by atoms with Gasteiger partial charge in [0.25, 0.3) is 0 Å². The van der Waals surface area contributed by atoms with Crippen LogP contribution in [0.4, 0.5) is 14.5 Å². The number of esters is 1. The van der Waals surface area contributed by atoms with E-state index in [2.05, 4.69) is 15.4 Å². The lowest BCUT2D eigenvalue weighted by molar-refractivity contribution is -0.115. The molecule has 0 aliphatic carbocycles. The van der Waals surface area contributed by atoms with Crippen molar-refractivity contribution < 1.29 is 23.1 Å². The molecular weight excluding hydrogens is 270 g/mol. The zero-order valence-corrected chi connectivity index (χ0v) is 11.3. The zero-order valence-electron chi connectivity index (χ0n) is 11.3. The Balaban J connectivity index is 2.84. The van der Waals surface area contributed by atoms with Crippen molar-refractivity contribution >= 4 is 17.6 Å². The number of rotatable bonds is 6. The molecule has 0 aliphatic heterocycles. The average Bonchev–Trinajstić information content (AvgIpc) is 2.41. The molecule has 1 aromatic carbocycles. The van der Waals surface area contributed by atoms with Gasteiger partial charge in [-0.3, -0.25) is 4.79 Å². The molecule has 0 saturated carbocycles. The summed E-state index contributed by atoms with van der Waals surface area (Å²) < 4.78 is 31.3. The number of amides is 1. The molecule has 7 heteroatoms. The largest absolute Gasteiger partial charge is 0.465 e. The number of carbonyl (C=O) groups excluding carboxylic acids is 2. The highest BCUT2D eigenvalue weighted by molar-refractivity contribution is 5.95. The molecule has 1 aromatic rings. The van der Waals surface area contributed by atoms with Crippen LogP contribution < -0.4 is 10.6 Å². The SMILES string of the molecule is CCCNCC(=O)Nc1cc(C(=O)OC)c(F)cc1F. The van der Waals surface area contributed by atoms with Gasteiger partial charge in [-0.1, -0.05) is 6.92 Å². The highest BCUT2D eigenvalue weighted by Gasteiger charge is 2.17. The number of halogens is 2. The highest BCUT2D eigenvalue weighted by Crippen LogP contribution is 2.20. The molecule has 0 unspecified atom stereocenters. The van der Waals surface area contributed by atoms with Crippen LogP contribution in [0, 0.1) is 11.6 Å². The second-order valence-electron chi connectivity index (χ2n) is 4.03. The standard InChI is InChI=1S/C13H16F2N2O3/c1-3-4-16-7-12(18)17-11-5-8(13(19)20-2)9(14)6-10(11)15/h5-6,16H,3-4,7H2,1-2H3,(H,17,18). The third-order valence-electron chi connectivity index (χ3n) is 2.45. The van der Waals surface area contributed by atoms with E-state index < -0.39 is 29.1 Å². The summed E-state index contributed by atoms with van der Waals surface area (Å²) in [6.45, 7) is 2.58. The van der Waals surface area contributed by atoms with Crippen molar-refractivity contribution in [3.05, 3.63) is 29.3 Å². The summed E-state index contributed by atoms with van der Waals surface area (Å²) in [6.07, 6.45) is 0.852. The molecule has 0 heterocycles. The molecular formula is C13H16F2N2O3. The summed E-state index contributed by atoms with van der Waals surface area (Å²) in [6, 6.07) is 1.44. The molecule has 0 spiro atoms. The van der Waals surface area contributed by atoms with Crippen LogP contribution in [-0.4, -0.2) is 32.1 Å². The minimum Gasteiger partial charge on any atom is -0.465 e. The Morgan fingerprint density at radius 1 is 1.25 bits per heavy atom. The van der Waals surface area contributed by atoms with Gasteiger partial charge >= 0.3 is 5.97 Å². The van der Waals surface area contributed by atoms with Crippen LogP contribution in [0.15, 0.2) is 12.1 Å². The predicted molar refractivity (Wildman–Crippen MR) is 69.5 cm³/mol. The molecule has 0 fully saturated rings. The van der Waals surface area contributed by atoms with Crippen molar-refractivity contribution in [2.45, 2.75) is 13.3 Å². The van der Waals surface area contributed by atoms with Crippen molar-refractivity contribution in [3.8, 4) is 0 Å². The molecule has 1 amide bonds. The number of hydrogen-bond donors (Lipinski definition) is 2. The lowest BCUT2D eigenvalue weighted by Gasteiger charge is -2.09. The molecule has 0 aliphatic rings. The Labute approximate surface area is 115 Å². The fourth-order valence-corrected chi connectivity index (χ4v) is 1.48. The lowest BCUT2D eigenvalue weighted by Crippen LogP contribution is -2.29. The van der Waals surface area contributed by atoms with E-state index in [-0.39, 0.29) is 12.2 Å². The number of ether oxygens (including phenoxy) is 1. The molecule has 0 aromatic heterocycles. The van der Waals surface area contributed by atoms with E-state index in [1.54, 1.807) is 0 Å². The maximum Gasteiger partial charge on any atom is 0.340 e. The van der Waals surface area contributed by atoms with Gasteiger partial charge in [0.2, 0.25) is 5.91 Å². The van der Waals surface area contributed by atoms with Gasteiger partial charge in [0, 0.05) is 6.07 Å². The van der Waals surface area contributed by atoms with Crippen molar-refractivity contribution in [1.29, 1.82) is 0 Å². The van der Waals surface area contributed by atoms with Gasteiger partial charge in [0.1, 0.15) is 11.6 Å². The highest BCUT2D eigenvalue weighted by atomic mass is 19.1. The minimum absolute atomic E-state index is 0.00177. The smallest absolute Gasteiger partial charge is 0.340 e. The van der Waals surface area contributed by atoms with Gasteiger partial charge < -0.3 is 15.4 Å². The average molecular weight is 286 g/mol. The molecule has 2 N–H and O–H groups in total. The third kappa shape index (κ3) is 4.27. The van der Waals surface area contributed by atoms with Crippen LogP contribution in [0.1, 0.15) is 23.7 Å². The van der Waals surface area contributed by atoms with Crippen LogP contribution in [0.25, 0.3) is 0 Å². The fourth-order valence-electron chi connectivity index (χ4n) is 1.48. The summed E-state index contributed by atoms with van der Waals surface area (Å²) in [5.74, 6) is -3.43. The molecule has 110 valence electrons. The van der Waals surface area contributed by atoms with E-state index in [1.807, 2.05) is 6.92 Å². The summed E-state index contributed by atoms with van der Waals surface area (Å²) in [5, 5.41) is 5.10. The van der Waals surface area contributed by atoms with Crippen molar-refractivity contribution in [3.63, 3.8) is 0 Å². The van der Waals surface area contributed by atoms with E-state index in [0.717, 1.165) is 19.6 Å². The summed E-state index contributed by atoms with van der Waals surface area (Å²) in [5.41, 5.74) is -0.708. The van der Waals surface area contributed by atoms with Crippen LogP contribution in [0.3, 0.4) is 0 Å². The summed E-state index contributed by atoms with van der Waals surface area (Å²) >= 11 is 0. The van der Waals surface area contributed by atoms with Crippen molar-refractivity contribution in [1.82, 2.24) is 5.32 Å². The number of anilines is 1. The molecule has 20 heavy (non-hydrogen) atoms. The monoisotopic (exact) mass is 286 g/mol. The number of carbonyl (C=O) groups is 2. The normalized spacial score (nSPS) is 10.2. The molecule has 1 rings (SSSR count). The number of benzene rings is 1. The molecule has 0 radical (unpaired) electrons. The van der Waals surface area contributed by atoms with Crippen molar-refractivity contribution in [2.75, 3.05) is 25.5 Å². The minimum atomic E-state index is -1.04. The lowest BCUT2D eigenvalue weighted by atomic mass is 10.1. The Kier molecular flexibility index (Phi) is 6.05.